The number of aryl methyl sites for hydroxylation is 1. The molecule has 5 nitrogen and oxygen atoms in total. The second kappa shape index (κ2) is 6.27. The van der Waals surface area contributed by atoms with Crippen LogP contribution >= 0.6 is 11.3 Å². The van der Waals surface area contributed by atoms with Gasteiger partial charge < -0.3 is 5.73 Å². The molecule has 0 atom stereocenters. The molecule has 0 spiro atoms. The maximum absolute atomic E-state index is 11.9. The Kier molecular flexibility index (Phi) is 4.61. The number of anilines is 1. The zero-order chi connectivity index (χ0) is 16.3. The van der Waals surface area contributed by atoms with Crippen molar-refractivity contribution in [3.63, 3.8) is 0 Å². The summed E-state index contributed by atoms with van der Waals surface area (Å²) in [7, 11) is 0. The van der Waals surface area contributed by atoms with Crippen molar-refractivity contribution in [1.29, 1.82) is 0 Å². The molecule has 0 radical (unpaired) electrons. The maximum atomic E-state index is 11.9. The third-order valence-electron chi connectivity index (χ3n) is 3.18. The number of hydrogen-bond donors (Lipinski definition) is 2. The topological polar surface area (TPSA) is 80.4 Å². The van der Waals surface area contributed by atoms with Crippen molar-refractivity contribution in [3.8, 4) is 0 Å². The molecule has 116 valence electrons. The van der Waals surface area contributed by atoms with Crippen LogP contribution in [0.25, 0.3) is 0 Å². The molecule has 0 aliphatic rings. The third kappa shape index (κ3) is 3.92. The predicted molar refractivity (Wildman–Crippen MR) is 91.5 cm³/mol. The lowest BCUT2D eigenvalue weighted by Crippen LogP contribution is -2.17. The molecule has 0 unspecified atom stereocenters. The van der Waals surface area contributed by atoms with Gasteiger partial charge in [0.05, 0.1) is 11.9 Å². The van der Waals surface area contributed by atoms with E-state index in [9.17, 15) is 4.79 Å². The van der Waals surface area contributed by atoms with Gasteiger partial charge in [-0.2, -0.15) is 5.10 Å². The molecule has 0 saturated heterocycles. The molecule has 0 bridgehead atoms. The van der Waals surface area contributed by atoms with E-state index in [4.69, 9.17) is 5.73 Å². The number of aromatic nitrogens is 1. The molecule has 0 saturated carbocycles. The number of hydrazone groups is 1. The van der Waals surface area contributed by atoms with Crippen LogP contribution in [-0.2, 0) is 5.41 Å². The molecule has 1 amide bonds. The number of nitrogens with two attached hydrogens (primary N) is 1. The Labute approximate surface area is 134 Å². The van der Waals surface area contributed by atoms with Crippen LogP contribution in [0.5, 0.6) is 0 Å². The second-order valence-corrected chi connectivity index (χ2v) is 7.07. The minimum absolute atomic E-state index is 0.119. The molecule has 3 N–H and O–H groups in total. The van der Waals surface area contributed by atoms with Gasteiger partial charge in [-0.1, -0.05) is 56.4 Å². The summed E-state index contributed by atoms with van der Waals surface area (Å²) in [5, 5.41) is 4.35. The Morgan fingerprint density at radius 1 is 1.32 bits per heavy atom. The van der Waals surface area contributed by atoms with Gasteiger partial charge in [-0.25, -0.2) is 10.4 Å². The van der Waals surface area contributed by atoms with E-state index in [1.165, 1.54) is 5.56 Å². The Morgan fingerprint density at radius 3 is 2.45 bits per heavy atom. The molecular formula is C16H20N4OS. The average Bonchev–Trinajstić information content (AvgIpc) is 2.77. The van der Waals surface area contributed by atoms with Gasteiger partial charge in [0.1, 0.15) is 4.88 Å². The molecule has 2 rings (SSSR count). The number of nitrogens with one attached hydrogen (secondary N) is 1. The quantitative estimate of drug-likeness (QED) is 0.674. The third-order valence-corrected chi connectivity index (χ3v) is 4.16. The van der Waals surface area contributed by atoms with E-state index in [1.54, 1.807) is 13.1 Å². The van der Waals surface area contributed by atoms with E-state index >= 15 is 0 Å². The number of nitrogen functional groups attached to an aromatic ring is 1. The molecule has 0 fully saturated rings. The average molecular weight is 316 g/mol. The number of carbonyl (C=O) groups excluding carboxylic acids is 1. The second-order valence-electron chi connectivity index (χ2n) is 6.04. The molecule has 0 aliphatic heterocycles. The van der Waals surface area contributed by atoms with Crippen molar-refractivity contribution in [1.82, 2.24) is 10.4 Å². The van der Waals surface area contributed by atoms with Crippen LogP contribution in [0.2, 0.25) is 0 Å². The lowest BCUT2D eigenvalue weighted by Gasteiger charge is -2.18. The minimum atomic E-state index is -0.297. The Morgan fingerprint density at radius 2 is 1.95 bits per heavy atom. The van der Waals surface area contributed by atoms with Gasteiger partial charge in [0.15, 0.2) is 5.13 Å². The highest BCUT2D eigenvalue weighted by molar-refractivity contribution is 7.17. The standard InChI is InChI=1S/C16H20N4OS/c1-10-13(22-15(17)19-10)14(21)20-18-9-11-5-7-12(8-6-11)16(2,3)4/h5-9H,1-4H3,(H2,17,19)(H,20,21)/b18-9-. The van der Waals surface area contributed by atoms with Crippen LogP contribution in [0.1, 0.15) is 47.3 Å². The number of rotatable bonds is 3. The fraction of sp³-hybridized carbons (Fsp3) is 0.312. The van der Waals surface area contributed by atoms with Crippen LogP contribution in [0.15, 0.2) is 29.4 Å². The Hall–Kier alpha value is -2.21. The summed E-state index contributed by atoms with van der Waals surface area (Å²) >= 11 is 1.15. The van der Waals surface area contributed by atoms with E-state index in [1.807, 2.05) is 12.1 Å². The fourth-order valence-corrected chi connectivity index (χ4v) is 2.64. The van der Waals surface area contributed by atoms with Gasteiger partial charge in [0, 0.05) is 0 Å². The summed E-state index contributed by atoms with van der Waals surface area (Å²) in [5.74, 6) is -0.297. The summed E-state index contributed by atoms with van der Waals surface area (Å²) in [4.78, 5) is 16.4. The molecule has 1 aromatic carbocycles. The fourth-order valence-electron chi connectivity index (χ4n) is 1.91. The first-order valence-corrected chi connectivity index (χ1v) is 7.76. The molecule has 0 aliphatic carbocycles. The normalized spacial score (nSPS) is 11.8. The highest BCUT2D eigenvalue weighted by Gasteiger charge is 2.14. The van der Waals surface area contributed by atoms with E-state index in [-0.39, 0.29) is 11.3 Å². The lowest BCUT2D eigenvalue weighted by molar-refractivity contribution is 0.0958. The minimum Gasteiger partial charge on any atom is -0.375 e. The first-order valence-electron chi connectivity index (χ1n) is 6.94. The van der Waals surface area contributed by atoms with Crippen LogP contribution in [0.4, 0.5) is 5.13 Å². The summed E-state index contributed by atoms with van der Waals surface area (Å²) in [6.07, 6.45) is 1.62. The molecule has 22 heavy (non-hydrogen) atoms. The number of carbonyl (C=O) groups is 1. The van der Waals surface area contributed by atoms with Gasteiger partial charge >= 0.3 is 0 Å². The zero-order valence-corrected chi connectivity index (χ0v) is 14.0. The summed E-state index contributed by atoms with van der Waals surface area (Å²) in [6, 6.07) is 8.09. The summed E-state index contributed by atoms with van der Waals surface area (Å²) in [6.45, 7) is 8.24. The highest BCUT2D eigenvalue weighted by Crippen LogP contribution is 2.22. The maximum Gasteiger partial charge on any atom is 0.283 e. The monoisotopic (exact) mass is 316 g/mol. The molecular weight excluding hydrogens is 296 g/mol. The molecule has 6 heteroatoms. The largest absolute Gasteiger partial charge is 0.375 e. The van der Waals surface area contributed by atoms with Gasteiger partial charge in [0.2, 0.25) is 0 Å². The Balaban J connectivity index is 2.01. The summed E-state index contributed by atoms with van der Waals surface area (Å²) in [5.41, 5.74) is 11.0. The number of nitrogens with zero attached hydrogens (tertiary/aromatic N) is 2. The predicted octanol–water partition coefficient (Wildman–Crippen LogP) is 3.10. The smallest absolute Gasteiger partial charge is 0.283 e. The van der Waals surface area contributed by atoms with E-state index < -0.39 is 0 Å². The Bertz CT molecular complexity index is 696. The van der Waals surface area contributed by atoms with Gasteiger partial charge in [-0.3, -0.25) is 4.79 Å². The first-order chi connectivity index (χ1) is 10.3. The van der Waals surface area contributed by atoms with Crippen LogP contribution < -0.4 is 11.2 Å². The lowest BCUT2D eigenvalue weighted by atomic mass is 9.87. The SMILES string of the molecule is Cc1nc(N)sc1C(=O)N/N=C\c1ccc(C(C)(C)C)cc1. The van der Waals surface area contributed by atoms with Crippen LogP contribution in [0, 0.1) is 6.92 Å². The first kappa shape index (κ1) is 16.2. The van der Waals surface area contributed by atoms with Crippen LogP contribution in [0.3, 0.4) is 0 Å². The number of thiazole rings is 1. The number of benzene rings is 1. The van der Waals surface area contributed by atoms with Crippen molar-refractivity contribution in [2.75, 3.05) is 5.73 Å². The molecule has 2 aromatic rings. The summed E-state index contributed by atoms with van der Waals surface area (Å²) < 4.78 is 0. The van der Waals surface area contributed by atoms with Crippen molar-refractivity contribution in [3.05, 3.63) is 46.0 Å². The zero-order valence-electron chi connectivity index (χ0n) is 13.2. The molecule has 1 heterocycles. The number of amides is 1. The van der Waals surface area contributed by atoms with Gasteiger partial charge in [-0.05, 0) is 23.5 Å². The van der Waals surface area contributed by atoms with Crippen molar-refractivity contribution >= 4 is 28.6 Å². The van der Waals surface area contributed by atoms with Crippen molar-refractivity contribution in [2.45, 2.75) is 33.1 Å². The highest BCUT2D eigenvalue weighted by atomic mass is 32.1. The van der Waals surface area contributed by atoms with Crippen molar-refractivity contribution in [2.24, 2.45) is 5.10 Å². The van der Waals surface area contributed by atoms with Gasteiger partial charge in [0.25, 0.3) is 5.91 Å². The van der Waals surface area contributed by atoms with Crippen molar-refractivity contribution < 1.29 is 4.79 Å². The van der Waals surface area contributed by atoms with E-state index in [2.05, 4.69) is 48.4 Å². The van der Waals surface area contributed by atoms with Gasteiger partial charge in [-0.15, -0.1) is 0 Å². The van der Waals surface area contributed by atoms with E-state index in [0.717, 1.165) is 16.9 Å². The van der Waals surface area contributed by atoms with Crippen LogP contribution in [-0.4, -0.2) is 17.1 Å². The number of hydrogen-bond acceptors (Lipinski definition) is 5. The molecule has 1 aromatic heterocycles. The van der Waals surface area contributed by atoms with E-state index in [0.29, 0.717) is 15.7 Å².